The van der Waals surface area contributed by atoms with Gasteiger partial charge in [0, 0.05) is 19.3 Å². The molecular weight excluding hydrogens is 552 g/mol. The zero-order valence-corrected chi connectivity index (χ0v) is 29.6. The molecule has 6 nitrogen and oxygen atoms in total. The average Bonchev–Trinajstić information content (AvgIpc) is 3.00. The Bertz CT molecular complexity index is 662. The average molecular weight is 625 g/mol. The van der Waals surface area contributed by atoms with Gasteiger partial charge in [-0.3, -0.25) is 14.4 Å². The fourth-order valence-corrected chi connectivity index (χ4v) is 5.39. The molecule has 0 aromatic heterocycles. The molecule has 0 bridgehead atoms. The molecule has 0 aromatic rings. The highest BCUT2D eigenvalue weighted by molar-refractivity contribution is 5.71. The van der Waals surface area contributed by atoms with Crippen molar-refractivity contribution in [3.63, 3.8) is 0 Å². The maximum absolute atomic E-state index is 12.4. The van der Waals surface area contributed by atoms with Crippen LogP contribution in [-0.4, -0.2) is 37.2 Å². The Labute approximate surface area is 272 Å². The highest BCUT2D eigenvalue weighted by Crippen LogP contribution is 2.15. The minimum atomic E-state index is -0.755. The Morgan fingerprint density at radius 2 is 0.750 bits per heavy atom. The summed E-state index contributed by atoms with van der Waals surface area (Å²) in [5.74, 6) is -0.0749. The van der Waals surface area contributed by atoms with Gasteiger partial charge >= 0.3 is 17.9 Å². The van der Waals surface area contributed by atoms with Crippen molar-refractivity contribution in [2.45, 2.75) is 207 Å². The van der Waals surface area contributed by atoms with Crippen molar-refractivity contribution in [2.75, 3.05) is 13.2 Å². The maximum Gasteiger partial charge on any atom is 0.306 e. The highest BCUT2D eigenvalue weighted by Gasteiger charge is 2.19. The third-order valence-corrected chi connectivity index (χ3v) is 8.29. The summed E-state index contributed by atoms with van der Waals surface area (Å²) in [4.78, 5) is 37.1. The zero-order chi connectivity index (χ0) is 32.5. The molecule has 0 saturated heterocycles. The molecule has 0 radical (unpaired) electrons. The molecule has 0 aliphatic heterocycles. The second-order valence-corrected chi connectivity index (χ2v) is 13.3. The Hall–Kier alpha value is -1.59. The lowest BCUT2D eigenvalue weighted by atomic mass is 10.0. The predicted molar refractivity (Wildman–Crippen MR) is 183 cm³/mol. The summed E-state index contributed by atoms with van der Waals surface area (Å²) >= 11 is 0. The molecule has 260 valence electrons. The molecule has 0 N–H and O–H groups in total. The van der Waals surface area contributed by atoms with Gasteiger partial charge in [0.1, 0.15) is 13.2 Å². The van der Waals surface area contributed by atoms with E-state index in [1.165, 1.54) is 89.9 Å². The summed E-state index contributed by atoms with van der Waals surface area (Å²) in [6.45, 7) is 8.84. The van der Waals surface area contributed by atoms with Crippen LogP contribution in [0.15, 0.2) is 0 Å². The van der Waals surface area contributed by atoms with Crippen molar-refractivity contribution < 1.29 is 28.6 Å². The second-order valence-electron chi connectivity index (χ2n) is 13.3. The van der Waals surface area contributed by atoms with Crippen molar-refractivity contribution in [1.29, 1.82) is 0 Å². The summed E-state index contributed by atoms with van der Waals surface area (Å²) in [5.41, 5.74) is 0. The van der Waals surface area contributed by atoms with Gasteiger partial charge in [-0.2, -0.15) is 0 Å². The standard InChI is InChI=1S/C38H72O6/c1-5-7-9-11-12-14-18-22-25-29-36(39)42-32-35(44-38(41)31-27-20-10-8-6-2)33-43-37(40)30-26-23-19-16-13-15-17-21-24-28-34(3)4/h34-35H,5-33H2,1-4H3/t35-/m0/s1. The second kappa shape index (κ2) is 32.8. The number of carbonyl (C=O) groups excluding carboxylic acids is 3. The lowest BCUT2D eigenvalue weighted by molar-refractivity contribution is -0.167. The van der Waals surface area contributed by atoms with Crippen LogP contribution >= 0.6 is 0 Å². The van der Waals surface area contributed by atoms with Gasteiger partial charge in [-0.05, 0) is 25.2 Å². The van der Waals surface area contributed by atoms with E-state index in [-0.39, 0.29) is 31.1 Å². The van der Waals surface area contributed by atoms with Crippen molar-refractivity contribution in [1.82, 2.24) is 0 Å². The van der Waals surface area contributed by atoms with E-state index in [0.29, 0.717) is 19.3 Å². The van der Waals surface area contributed by atoms with Crippen LogP contribution in [-0.2, 0) is 28.6 Å². The summed E-state index contributed by atoms with van der Waals surface area (Å²) in [7, 11) is 0. The smallest absolute Gasteiger partial charge is 0.306 e. The summed E-state index contributed by atoms with van der Waals surface area (Å²) < 4.78 is 16.5. The first kappa shape index (κ1) is 42.4. The molecule has 0 rings (SSSR count). The number of rotatable bonds is 33. The number of hydrogen-bond acceptors (Lipinski definition) is 6. The molecule has 0 heterocycles. The van der Waals surface area contributed by atoms with E-state index in [0.717, 1.165) is 70.1 Å². The van der Waals surface area contributed by atoms with E-state index in [2.05, 4.69) is 27.7 Å². The monoisotopic (exact) mass is 625 g/mol. The molecule has 0 amide bonds. The van der Waals surface area contributed by atoms with Gasteiger partial charge < -0.3 is 14.2 Å². The summed E-state index contributed by atoms with van der Waals surface area (Å²) in [6, 6.07) is 0. The highest BCUT2D eigenvalue weighted by atomic mass is 16.6. The van der Waals surface area contributed by atoms with Gasteiger partial charge in [-0.15, -0.1) is 0 Å². The normalized spacial score (nSPS) is 11.9. The maximum atomic E-state index is 12.4. The Morgan fingerprint density at radius 1 is 0.432 bits per heavy atom. The van der Waals surface area contributed by atoms with E-state index < -0.39 is 6.10 Å². The van der Waals surface area contributed by atoms with Crippen molar-refractivity contribution in [3.05, 3.63) is 0 Å². The largest absolute Gasteiger partial charge is 0.462 e. The van der Waals surface area contributed by atoms with Crippen LogP contribution in [0.3, 0.4) is 0 Å². The number of unbranched alkanes of at least 4 members (excludes halogenated alkanes) is 20. The van der Waals surface area contributed by atoms with Crippen LogP contribution in [0.5, 0.6) is 0 Å². The molecule has 0 unspecified atom stereocenters. The Balaban J connectivity index is 4.23. The number of hydrogen-bond donors (Lipinski definition) is 0. The number of esters is 3. The van der Waals surface area contributed by atoms with Gasteiger partial charge in [0.2, 0.25) is 0 Å². The van der Waals surface area contributed by atoms with Crippen LogP contribution in [0, 0.1) is 5.92 Å². The van der Waals surface area contributed by atoms with Gasteiger partial charge in [0.05, 0.1) is 0 Å². The SMILES string of the molecule is CCCCCCCCCCCC(=O)OC[C@@H](COC(=O)CCCCCCCCCCCC(C)C)OC(=O)CCCCCCC. The zero-order valence-electron chi connectivity index (χ0n) is 29.6. The molecule has 6 heteroatoms. The molecule has 0 fully saturated rings. The molecule has 0 aromatic carbocycles. The van der Waals surface area contributed by atoms with Crippen molar-refractivity contribution in [3.8, 4) is 0 Å². The fourth-order valence-electron chi connectivity index (χ4n) is 5.39. The predicted octanol–water partition coefficient (Wildman–Crippen LogP) is 11.2. The first-order valence-corrected chi connectivity index (χ1v) is 18.9. The summed E-state index contributed by atoms with van der Waals surface area (Å²) in [5, 5.41) is 0. The molecule has 0 aliphatic carbocycles. The number of ether oxygens (including phenoxy) is 3. The lowest BCUT2D eigenvalue weighted by Crippen LogP contribution is -2.30. The Kier molecular flexibility index (Phi) is 31.6. The third-order valence-electron chi connectivity index (χ3n) is 8.29. The van der Waals surface area contributed by atoms with Crippen LogP contribution in [0.1, 0.15) is 201 Å². The Morgan fingerprint density at radius 3 is 1.11 bits per heavy atom. The van der Waals surface area contributed by atoms with E-state index >= 15 is 0 Å². The van der Waals surface area contributed by atoms with Crippen LogP contribution in [0.2, 0.25) is 0 Å². The quantitative estimate of drug-likeness (QED) is 0.0410. The molecule has 0 aliphatic rings. The van der Waals surface area contributed by atoms with E-state index in [1.807, 2.05) is 0 Å². The van der Waals surface area contributed by atoms with E-state index in [9.17, 15) is 14.4 Å². The van der Waals surface area contributed by atoms with Gasteiger partial charge in [0.15, 0.2) is 6.10 Å². The molecular formula is C38H72O6. The van der Waals surface area contributed by atoms with Gasteiger partial charge in [-0.25, -0.2) is 0 Å². The van der Waals surface area contributed by atoms with E-state index in [1.54, 1.807) is 0 Å². The molecule has 0 spiro atoms. The van der Waals surface area contributed by atoms with Crippen LogP contribution in [0.4, 0.5) is 0 Å². The molecule has 44 heavy (non-hydrogen) atoms. The minimum absolute atomic E-state index is 0.0669. The lowest BCUT2D eigenvalue weighted by Gasteiger charge is -2.18. The minimum Gasteiger partial charge on any atom is -0.462 e. The number of carbonyl (C=O) groups is 3. The van der Waals surface area contributed by atoms with Crippen LogP contribution in [0.25, 0.3) is 0 Å². The van der Waals surface area contributed by atoms with Crippen molar-refractivity contribution >= 4 is 17.9 Å². The topological polar surface area (TPSA) is 78.9 Å². The molecule has 0 saturated carbocycles. The first-order chi connectivity index (χ1) is 21.4. The van der Waals surface area contributed by atoms with E-state index in [4.69, 9.17) is 14.2 Å². The summed E-state index contributed by atoms with van der Waals surface area (Å²) in [6.07, 6.45) is 28.3. The first-order valence-electron chi connectivity index (χ1n) is 18.9. The van der Waals surface area contributed by atoms with Gasteiger partial charge in [-0.1, -0.05) is 163 Å². The van der Waals surface area contributed by atoms with Gasteiger partial charge in [0.25, 0.3) is 0 Å². The third kappa shape index (κ3) is 31.8. The molecule has 1 atom stereocenters. The van der Waals surface area contributed by atoms with Crippen LogP contribution < -0.4 is 0 Å². The van der Waals surface area contributed by atoms with Crippen molar-refractivity contribution in [2.24, 2.45) is 5.92 Å². The fraction of sp³-hybridized carbons (Fsp3) is 0.921.